The van der Waals surface area contributed by atoms with Crippen LogP contribution in [-0.2, 0) is 31.1 Å². The molecule has 3 aliphatic rings. The van der Waals surface area contributed by atoms with Gasteiger partial charge in [-0.1, -0.05) is 54.6 Å². The van der Waals surface area contributed by atoms with Crippen molar-refractivity contribution in [1.82, 2.24) is 9.80 Å². The first-order chi connectivity index (χ1) is 17.0. The Morgan fingerprint density at radius 1 is 1.03 bits per heavy atom. The van der Waals surface area contributed by atoms with Crippen LogP contribution in [0.4, 0.5) is 0 Å². The number of carbonyl (C=O) groups excluding carboxylic acids is 3. The summed E-state index contributed by atoms with van der Waals surface area (Å²) in [6.07, 6.45) is 4.34. The molecule has 2 unspecified atom stereocenters. The van der Waals surface area contributed by atoms with E-state index < -0.39 is 5.41 Å². The molecule has 2 aliphatic heterocycles. The fraction of sp³-hybridized carbons (Fsp3) is 0.483. The minimum absolute atomic E-state index is 0.00710. The number of carbonyl (C=O) groups is 3. The SMILES string of the molecule is Cc1ccccc1C1(CC(=O)N(CC2CC2)CC2CCCO2)CC(=O)N(Cc2ccccc2)C1=O. The summed E-state index contributed by atoms with van der Waals surface area (Å²) in [6.45, 7) is 4.19. The highest BCUT2D eigenvalue weighted by molar-refractivity contribution is 6.10. The summed E-state index contributed by atoms with van der Waals surface area (Å²) in [5.74, 6) is -0.0103. The molecule has 2 aromatic rings. The maximum absolute atomic E-state index is 14.0. The van der Waals surface area contributed by atoms with Crippen LogP contribution < -0.4 is 0 Å². The Morgan fingerprint density at radius 2 is 1.77 bits per heavy atom. The molecule has 3 amide bonds. The van der Waals surface area contributed by atoms with E-state index in [1.165, 1.54) is 4.90 Å². The quantitative estimate of drug-likeness (QED) is 0.516. The lowest BCUT2D eigenvalue weighted by Crippen LogP contribution is -2.46. The van der Waals surface area contributed by atoms with Gasteiger partial charge in [-0.15, -0.1) is 0 Å². The van der Waals surface area contributed by atoms with Gasteiger partial charge in [-0.25, -0.2) is 0 Å². The minimum atomic E-state index is -1.17. The van der Waals surface area contributed by atoms with E-state index in [1.54, 1.807) is 0 Å². The van der Waals surface area contributed by atoms with Crippen LogP contribution >= 0.6 is 0 Å². The highest BCUT2D eigenvalue weighted by Gasteiger charge is 2.54. The van der Waals surface area contributed by atoms with E-state index in [0.29, 0.717) is 19.0 Å². The lowest BCUT2D eigenvalue weighted by Gasteiger charge is -2.32. The van der Waals surface area contributed by atoms with Crippen LogP contribution in [0, 0.1) is 12.8 Å². The highest BCUT2D eigenvalue weighted by atomic mass is 16.5. The van der Waals surface area contributed by atoms with E-state index in [9.17, 15) is 14.4 Å². The van der Waals surface area contributed by atoms with Crippen LogP contribution in [0.2, 0.25) is 0 Å². The molecule has 1 saturated carbocycles. The number of aryl methyl sites for hydroxylation is 1. The number of ether oxygens (including phenoxy) is 1. The third kappa shape index (κ3) is 5.03. The second-order valence-electron chi connectivity index (χ2n) is 10.4. The summed E-state index contributed by atoms with van der Waals surface area (Å²) in [4.78, 5) is 44.4. The van der Waals surface area contributed by atoms with E-state index in [1.807, 2.05) is 66.4 Å². The Kier molecular flexibility index (Phi) is 6.74. The summed E-state index contributed by atoms with van der Waals surface area (Å²) < 4.78 is 5.83. The molecule has 0 aromatic heterocycles. The number of hydrogen-bond donors (Lipinski definition) is 0. The lowest BCUT2D eigenvalue weighted by atomic mass is 9.74. The fourth-order valence-corrected chi connectivity index (χ4v) is 5.57. The van der Waals surface area contributed by atoms with E-state index in [-0.39, 0.29) is 43.2 Å². The van der Waals surface area contributed by atoms with Gasteiger partial charge in [0.2, 0.25) is 17.7 Å². The van der Waals surface area contributed by atoms with Gasteiger partial charge in [-0.05, 0) is 55.2 Å². The molecular weight excluding hydrogens is 440 g/mol. The smallest absolute Gasteiger partial charge is 0.241 e. The van der Waals surface area contributed by atoms with E-state index in [4.69, 9.17) is 4.74 Å². The van der Waals surface area contributed by atoms with Gasteiger partial charge in [0.15, 0.2) is 0 Å². The van der Waals surface area contributed by atoms with Gasteiger partial charge in [0.05, 0.1) is 18.1 Å². The fourth-order valence-electron chi connectivity index (χ4n) is 5.57. The molecular formula is C29H34N2O4. The predicted octanol–water partition coefficient (Wildman–Crippen LogP) is 4.00. The normalized spacial score (nSPS) is 24.3. The molecule has 0 spiro atoms. The lowest BCUT2D eigenvalue weighted by molar-refractivity contribution is -0.143. The average Bonchev–Trinajstić information content (AvgIpc) is 3.47. The number of amides is 3. The Hall–Kier alpha value is -2.99. The van der Waals surface area contributed by atoms with Gasteiger partial charge in [0, 0.05) is 32.5 Å². The van der Waals surface area contributed by atoms with E-state index in [0.717, 1.165) is 49.0 Å². The van der Waals surface area contributed by atoms with Crippen molar-refractivity contribution < 1.29 is 19.1 Å². The average molecular weight is 475 g/mol. The summed E-state index contributed by atoms with van der Waals surface area (Å²) >= 11 is 0. The van der Waals surface area contributed by atoms with Crippen LogP contribution in [0.3, 0.4) is 0 Å². The first-order valence-corrected chi connectivity index (χ1v) is 12.8. The van der Waals surface area contributed by atoms with Crippen molar-refractivity contribution in [1.29, 1.82) is 0 Å². The van der Waals surface area contributed by atoms with Crippen molar-refractivity contribution in [3.63, 3.8) is 0 Å². The molecule has 2 atom stereocenters. The number of likely N-dealkylation sites (tertiary alicyclic amines) is 1. The van der Waals surface area contributed by atoms with Gasteiger partial charge in [0.1, 0.15) is 0 Å². The molecule has 184 valence electrons. The van der Waals surface area contributed by atoms with E-state index >= 15 is 0 Å². The van der Waals surface area contributed by atoms with Gasteiger partial charge < -0.3 is 9.64 Å². The topological polar surface area (TPSA) is 66.9 Å². The van der Waals surface area contributed by atoms with Crippen molar-refractivity contribution in [2.45, 2.75) is 63.5 Å². The maximum atomic E-state index is 14.0. The third-order valence-corrected chi connectivity index (χ3v) is 7.68. The molecule has 6 heteroatoms. The minimum Gasteiger partial charge on any atom is -0.376 e. The second kappa shape index (κ2) is 9.94. The van der Waals surface area contributed by atoms with Gasteiger partial charge in [-0.3, -0.25) is 19.3 Å². The van der Waals surface area contributed by atoms with Crippen molar-refractivity contribution in [2.75, 3.05) is 19.7 Å². The standard InChI is InChI=1S/C29H34N2O4/c1-21-8-5-6-12-25(21)29(17-27(33)31(28(29)34)19-22-9-3-2-4-10-22)16-26(32)30(18-23-13-14-23)20-24-11-7-15-35-24/h2-6,8-10,12,23-24H,7,11,13-20H2,1H3. The van der Waals surface area contributed by atoms with Gasteiger partial charge in [-0.2, -0.15) is 0 Å². The number of nitrogens with zero attached hydrogens (tertiary/aromatic N) is 2. The van der Waals surface area contributed by atoms with Crippen LogP contribution in [0.25, 0.3) is 0 Å². The number of benzene rings is 2. The molecule has 0 bridgehead atoms. The second-order valence-corrected chi connectivity index (χ2v) is 10.4. The Balaban J connectivity index is 1.45. The Bertz CT molecular complexity index is 1090. The Morgan fingerprint density at radius 3 is 2.46 bits per heavy atom. The first kappa shape index (κ1) is 23.7. The van der Waals surface area contributed by atoms with Gasteiger partial charge in [0.25, 0.3) is 0 Å². The van der Waals surface area contributed by atoms with Gasteiger partial charge >= 0.3 is 0 Å². The molecule has 2 heterocycles. The zero-order chi connectivity index (χ0) is 24.4. The van der Waals surface area contributed by atoms with Crippen LogP contribution in [0.15, 0.2) is 54.6 Å². The van der Waals surface area contributed by atoms with E-state index in [2.05, 4.69) is 0 Å². The van der Waals surface area contributed by atoms with Crippen LogP contribution in [0.5, 0.6) is 0 Å². The monoisotopic (exact) mass is 474 g/mol. The van der Waals surface area contributed by atoms with Crippen molar-refractivity contribution in [2.24, 2.45) is 5.92 Å². The number of imide groups is 1. The largest absolute Gasteiger partial charge is 0.376 e. The van der Waals surface area contributed by atoms with Crippen LogP contribution in [0.1, 0.15) is 55.2 Å². The van der Waals surface area contributed by atoms with Crippen molar-refractivity contribution in [3.8, 4) is 0 Å². The Labute approximate surface area is 207 Å². The summed E-state index contributed by atoms with van der Waals surface area (Å²) in [7, 11) is 0. The summed E-state index contributed by atoms with van der Waals surface area (Å²) in [5, 5.41) is 0. The predicted molar refractivity (Wildman–Crippen MR) is 132 cm³/mol. The first-order valence-electron chi connectivity index (χ1n) is 12.8. The number of hydrogen-bond acceptors (Lipinski definition) is 4. The molecule has 6 nitrogen and oxygen atoms in total. The highest BCUT2D eigenvalue weighted by Crippen LogP contribution is 2.42. The molecule has 35 heavy (non-hydrogen) atoms. The number of rotatable bonds is 9. The zero-order valence-corrected chi connectivity index (χ0v) is 20.4. The summed E-state index contributed by atoms with van der Waals surface area (Å²) in [5.41, 5.74) is 1.43. The molecule has 0 N–H and O–H groups in total. The van der Waals surface area contributed by atoms with Crippen LogP contribution in [-0.4, -0.2) is 53.3 Å². The molecule has 5 rings (SSSR count). The molecule has 2 saturated heterocycles. The third-order valence-electron chi connectivity index (χ3n) is 7.68. The summed E-state index contributed by atoms with van der Waals surface area (Å²) in [6, 6.07) is 17.2. The molecule has 3 fully saturated rings. The molecule has 0 radical (unpaired) electrons. The maximum Gasteiger partial charge on any atom is 0.241 e. The van der Waals surface area contributed by atoms with Crippen molar-refractivity contribution >= 4 is 17.7 Å². The molecule has 1 aliphatic carbocycles. The molecule has 2 aromatic carbocycles. The van der Waals surface area contributed by atoms with Crippen molar-refractivity contribution in [3.05, 3.63) is 71.3 Å². The zero-order valence-electron chi connectivity index (χ0n) is 20.4.